The van der Waals surface area contributed by atoms with Gasteiger partial charge in [-0.1, -0.05) is 42.5 Å². The highest BCUT2D eigenvalue weighted by atomic mass is 16.5. The van der Waals surface area contributed by atoms with Crippen molar-refractivity contribution in [3.63, 3.8) is 0 Å². The van der Waals surface area contributed by atoms with Crippen molar-refractivity contribution in [3.8, 4) is 5.75 Å². The second-order valence-corrected chi connectivity index (χ2v) is 6.95. The first-order valence-electron chi connectivity index (χ1n) is 9.64. The lowest BCUT2D eigenvalue weighted by Gasteiger charge is -2.34. The van der Waals surface area contributed by atoms with Gasteiger partial charge in [0.15, 0.2) is 0 Å². The number of aliphatic hydroxyl groups is 1. The molecule has 0 bridgehead atoms. The first-order valence-corrected chi connectivity index (χ1v) is 9.64. The second-order valence-electron chi connectivity index (χ2n) is 6.95. The minimum absolute atomic E-state index is 0.0378. The number of nitrogens with zero attached hydrogens (tertiary/aromatic N) is 1. The molecule has 5 heteroatoms. The van der Waals surface area contributed by atoms with Crippen molar-refractivity contribution in [1.29, 1.82) is 0 Å². The standard InChI is InChI=1S/C22H28N2O3/c1-2-27-20-11-7-6-10-19(20)23-21(25)16-24-14-12-18(13-15-24)22(26)17-8-4-3-5-9-17/h3-11,18,22,26H,2,12-16H2,1H3,(H,23,25). The van der Waals surface area contributed by atoms with E-state index in [2.05, 4.69) is 10.2 Å². The summed E-state index contributed by atoms with van der Waals surface area (Å²) in [5, 5.41) is 13.5. The number of amides is 1. The molecule has 1 atom stereocenters. The minimum atomic E-state index is -0.430. The number of para-hydroxylation sites is 2. The number of piperidine rings is 1. The van der Waals surface area contributed by atoms with Gasteiger partial charge in [-0.15, -0.1) is 0 Å². The highest BCUT2D eigenvalue weighted by Crippen LogP contribution is 2.30. The number of likely N-dealkylation sites (tertiary alicyclic amines) is 1. The van der Waals surface area contributed by atoms with Crippen LogP contribution in [-0.4, -0.2) is 42.2 Å². The van der Waals surface area contributed by atoms with Gasteiger partial charge in [-0.3, -0.25) is 9.69 Å². The van der Waals surface area contributed by atoms with Gasteiger partial charge >= 0.3 is 0 Å². The van der Waals surface area contributed by atoms with Crippen LogP contribution in [-0.2, 0) is 4.79 Å². The first kappa shape index (κ1) is 19.4. The van der Waals surface area contributed by atoms with Gasteiger partial charge in [-0.2, -0.15) is 0 Å². The third-order valence-electron chi connectivity index (χ3n) is 5.05. The summed E-state index contributed by atoms with van der Waals surface area (Å²) in [4.78, 5) is 14.6. The number of nitrogens with one attached hydrogen (secondary N) is 1. The molecule has 2 aromatic carbocycles. The monoisotopic (exact) mass is 368 g/mol. The Labute approximate surface area is 161 Å². The van der Waals surface area contributed by atoms with E-state index in [1.807, 2.05) is 61.5 Å². The number of benzene rings is 2. The smallest absolute Gasteiger partial charge is 0.238 e. The van der Waals surface area contributed by atoms with E-state index in [0.717, 1.165) is 31.5 Å². The largest absolute Gasteiger partial charge is 0.492 e. The molecule has 2 N–H and O–H groups in total. The quantitative estimate of drug-likeness (QED) is 0.786. The fraction of sp³-hybridized carbons (Fsp3) is 0.409. The summed E-state index contributed by atoms with van der Waals surface area (Å²) in [5.41, 5.74) is 1.68. The predicted molar refractivity (Wildman–Crippen MR) is 107 cm³/mol. The van der Waals surface area contributed by atoms with Crippen molar-refractivity contribution in [3.05, 3.63) is 60.2 Å². The molecule has 3 rings (SSSR count). The van der Waals surface area contributed by atoms with E-state index in [1.165, 1.54) is 0 Å². The number of rotatable bonds is 7. The Kier molecular flexibility index (Phi) is 6.85. The molecular formula is C22H28N2O3. The molecule has 144 valence electrons. The van der Waals surface area contributed by atoms with Crippen LogP contribution in [0.2, 0.25) is 0 Å². The van der Waals surface area contributed by atoms with Crippen molar-refractivity contribution in [1.82, 2.24) is 4.90 Å². The lowest BCUT2D eigenvalue weighted by molar-refractivity contribution is -0.117. The maximum atomic E-state index is 12.4. The molecular weight excluding hydrogens is 340 g/mol. The van der Waals surface area contributed by atoms with Crippen LogP contribution in [0, 0.1) is 5.92 Å². The highest BCUT2D eigenvalue weighted by molar-refractivity contribution is 5.93. The third-order valence-corrected chi connectivity index (χ3v) is 5.05. The van der Waals surface area contributed by atoms with Gasteiger partial charge in [0.05, 0.1) is 24.9 Å². The molecule has 1 unspecified atom stereocenters. The molecule has 5 nitrogen and oxygen atoms in total. The molecule has 0 aromatic heterocycles. The Morgan fingerprint density at radius 1 is 1.15 bits per heavy atom. The van der Waals surface area contributed by atoms with Gasteiger partial charge in [0.1, 0.15) is 5.75 Å². The average molecular weight is 368 g/mol. The molecule has 0 spiro atoms. The van der Waals surface area contributed by atoms with Gasteiger partial charge in [0.2, 0.25) is 5.91 Å². The molecule has 0 saturated carbocycles. The van der Waals surface area contributed by atoms with Crippen molar-refractivity contribution >= 4 is 11.6 Å². The molecule has 0 radical (unpaired) electrons. The fourth-order valence-electron chi connectivity index (χ4n) is 3.59. The number of carbonyl (C=O) groups excluding carboxylic acids is 1. The maximum absolute atomic E-state index is 12.4. The van der Waals surface area contributed by atoms with E-state index in [1.54, 1.807) is 0 Å². The summed E-state index contributed by atoms with van der Waals surface area (Å²) in [7, 11) is 0. The van der Waals surface area contributed by atoms with E-state index in [0.29, 0.717) is 24.6 Å². The van der Waals surface area contributed by atoms with Crippen molar-refractivity contribution < 1.29 is 14.6 Å². The van der Waals surface area contributed by atoms with Crippen molar-refractivity contribution in [2.75, 3.05) is 31.6 Å². The summed E-state index contributed by atoms with van der Waals surface area (Å²) in [6.07, 6.45) is 1.35. The summed E-state index contributed by atoms with van der Waals surface area (Å²) in [5.74, 6) is 0.896. The number of anilines is 1. The van der Waals surface area contributed by atoms with Crippen LogP contribution in [0.1, 0.15) is 31.4 Å². The Bertz CT molecular complexity index is 727. The highest BCUT2D eigenvalue weighted by Gasteiger charge is 2.27. The zero-order valence-electron chi connectivity index (χ0n) is 15.8. The van der Waals surface area contributed by atoms with Crippen LogP contribution in [0.15, 0.2) is 54.6 Å². The molecule has 1 aliphatic rings. The van der Waals surface area contributed by atoms with Crippen LogP contribution < -0.4 is 10.1 Å². The van der Waals surface area contributed by atoms with Gasteiger partial charge in [0.25, 0.3) is 0 Å². The molecule has 0 aliphatic carbocycles. The van der Waals surface area contributed by atoms with E-state index >= 15 is 0 Å². The Balaban J connectivity index is 1.48. The van der Waals surface area contributed by atoms with E-state index in [4.69, 9.17) is 4.74 Å². The molecule has 1 amide bonds. The summed E-state index contributed by atoms with van der Waals surface area (Å²) < 4.78 is 5.55. The van der Waals surface area contributed by atoms with Crippen LogP contribution in [0.5, 0.6) is 5.75 Å². The van der Waals surface area contributed by atoms with Gasteiger partial charge in [-0.25, -0.2) is 0 Å². The van der Waals surface area contributed by atoms with Crippen LogP contribution in [0.25, 0.3) is 0 Å². The number of aliphatic hydroxyl groups excluding tert-OH is 1. The lowest BCUT2D eigenvalue weighted by atomic mass is 9.87. The summed E-state index contributed by atoms with van der Waals surface area (Å²) in [6.45, 7) is 4.47. The fourth-order valence-corrected chi connectivity index (χ4v) is 3.59. The normalized spacial score (nSPS) is 16.7. The number of ether oxygens (including phenoxy) is 1. The molecule has 1 aliphatic heterocycles. The van der Waals surface area contributed by atoms with Crippen LogP contribution in [0.3, 0.4) is 0 Å². The molecule has 1 saturated heterocycles. The van der Waals surface area contributed by atoms with Gasteiger partial charge in [-0.05, 0) is 56.5 Å². The molecule has 27 heavy (non-hydrogen) atoms. The summed E-state index contributed by atoms with van der Waals surface area (Å²) >= 11 is 0. The minimum Gasteiger partial charge on any atom is -0.492 e. The lowest BCUT2D eigenvalue weighted by Crippen LogP contribution is -2.40. The van der Waals surface area contributed by atoms with Crippen molar-refractivity contribution in [2.45, 2.75) is 25.9 Å². The van der Waals surface area contributed by atoms with Crippen molar-refractivity contribution in [2.24, 2.45) is 5.92 Å². The maximum Gasteiger partial charge on any atom is 0.238 e. The Morgan fingerprint density at radius 3 is 2.52 bits per heavy atom. The number of hydrogen-bond donors (Lipinski definition) is 2. The second kappa shape index (κ2) is 9.53. The molecule has 1 fully saturated rings. The average Bonchev–Trinajstić information content (AvgIpc) is 2.70. The van der Waals surface area contributed by atoms with E-state index < -0.39 is 6.10 Å². The van der Waals surface area contributed by atoms with Gasteiger partial charge in [0, 0.05) is 0 Å². The molecule has 2 aromatic rings. The summed E-state index contributed by atoms with van der Waals surface area (Å²) in [6, 6.07) is 17.3. The third kappa shape index (κ3) is 5.31. The Morgan fingerprint density at radius 2 is 1.81 bits per heavy atom. The van der Waals surface area contributed by atoms with E-state index in [9.17, 15) is 9.90 Å². The zero-order chi connectivity index (χ0) is 19.1. The first-order chi connectivity index (χ1) is 13.2. The predicted octanol–water partition coefficient (Wildman–Crippen LogP) is 3.47. The Hall–Kier alpha value is -2.37. The molecule has 1 heterocycles. The number of carbonyl (C=O) groups is 1. The van der Waals surface area contributed by atoms with Crippen LogP contribution >= 0.6 is 0 Å². The number of hydrogen-bond acceptors (Lipinski definition) is 4. The van der Waals surface area contributed by atoms with Crippen LogP contribution in [0.4, 0.5) is 5.69 Å². The zero-order valence-corrected chi connectivity index (χ0v) is 15.8. The SMILES string of the molecule is CCOc1ccccc1NC(=O)CN1CCC(C(O)c2ccccc2)CC1. The van der Waals surface area contributed by atoms with Gasteiger partial charge < -0.3 is 15.2 Å². The van der Waals surface area contributed by atoms with E-state index in [-0.39, 0.29) is 11.8 Å². The topological polar surface area (TPSA) is 61.8 Å².